The topological polar surface area (TPSA) is 85.7 Å². The highest BCUT2D eigenvalue weighted by atomic mass is 19.1. The van der Waals surface area contributed by atoms with E-state index in [1.807, 2.05) is 24.4 Å². The van der Waals surface area contributed by atoms with E-state index in [4.69, 9.17) is 19.8 Å². The highest BCUT2D eigenvalue weighted by molar-refractivity contribution is 5.85. The zero-order valence-electron chi connectivity index (χ0n) is 20.7. The number of carbonyl (C=O) groups is 1. The Labute approximate surface area is 203 Å². The Bertz CT molecular complexity index is 1410. The van der Waals surface area contributed by atoms with Crippen molar-refractivity contribution in [2.45, 2.75) is 64.3 Å². The SMILES string of the molecule is CC(C)(C)c1nc(CC(C)(C)c2ccn(C3CCOC3=O)n2)cc(-c2cc3c(F)cccc3[nH]2)n1. The van der Waals surface area contributed by atoms with Crippen LogP contribution in [0, 0.1) is 5.82 Å². The molecule has 8 heteroatoms. The summed E-state index contributed by atoms with van der Waals surface area (Å²) in [4.78, 5) is 25.0. The molecular weight excluding hydrogens is 445 g/mol. The second-order valence-corrected chi connectivity index (χ2v) is 10.9. The Morgan fingerprint density at radius 1 is 1.14 bits per heavy atom. The van der Waals surface area contributed by atoms with Crippen LogP contribution in [-0.2, 0) is 26.8 Å². The van der Waals surface area contributed by atoms with Crippen LogP contribution in [0.25, 0.3) is 22.3 Å². The van der Waals surface area contributed by atoms with Crippen LogP contribution in [0.15, 0.2) is 42.6 Å². The second-order valence-electron chi connectivity index (χ2n) is 10.9. The lowest BCUT2D eigenvalue weighted by atomic mass is 9.84. The molecular formula is C27H30FN5O2. The summed E-state index contributed by atoms with van der Waals surface area (Å²) in [6.07, 6.45) is 3.10. The predicted molar refractivity (Wildman–Crippen MR) is 132 cm³/mol. The van der Waals surface area contributed by atoms with E-state index in [1.54, 1.807) is 16.8 Å². The lowest BCUT2D eigenvalue weighted by Crippen LogP contribution is -2.25. The summed E-state index contributed by atoms with van der Waals surface area (Å²) in [6.45, 7) is 10.9. The number of aromatic amines is 1. The third-order valence-corrected chi connectivity index (χ3v) is 6.49. The third kappa shape index (κ3) is 4.45. The number of cyclic esters (lactones) is 1. The van der Waals surface area contributed by atoms with Gasteiger partial charge in [-0.2, -0.15) is 5.10 Å². The smallest absolute Gasteiger partial charge is 0.331 e. The maximum Gasteiger partial charge on any atom is 0.331 e. The van der Waals surface area contributed by atoms with Gasteiger partial charge in [-0.25, -0.2) is 19.2 Å². The van der Waals surface area contributed by atoms with E-state index < -0.39 is 0 Å². The van der Waals surface area contributed by atoms with E-state index in [1.165, 1.54) is 6.07 Å². The fourth-order valence-corrected chi connectivity index (χ4v) is 4.46. The maximum absolute atomic E-state index is 14.3. The van der Waals surface area contributed by atoms with Crippen molar-refractivity contribution < 1.29 is 13.9 Å². The van der Waals surface area contributed by atoms with Gasteiger partial charge in [0.2, 0.25) is 0 Å². The highest BCUT2D eigenvalue weighted by Gasteiger charge is 2.32. The van der Waals surface area contributed by atoms with E-state index in [9.17, 15) is 9.18 Å². The molecule has 35 heavy (non-hydrogen) atoms. The lowest BCUT2D eigenvalue weighted by Gasteiger charge is -2.24. The quantitative estimate of drug-likeness (QED) is 0.398. The van der Waals surface area contributed by atoms with Crippen LogP contribution in [0.1, 0.15) is 64.3 Å². The van der Waals surface area contributed by atoms with Gasteiger partial charge in [-0.05, 0) is 30.3 Å². The van der Waals surface area contributed by atoms with Crippen LogP contribution in [-0.4, -0.2) is 37.3 Å². The number of fused-ring (bicyclic) bond motifs is 1. The van der Waals surface area contributed by atoms with Gasteiger partial charge in [0, 0.05) is 46.5 Å². The number of nitrogens with one attached hydrogen (secondary N) is 1. The van der Waals surface area contributed by atoms with Crippen LogP contribution in [0.5, 0.6) is 0 Å². The van der Waals surface area contributed by atoms with E-state index in [2.05, 4.69) is 39.6 Å². The van der Waals surface area contributed by atoms with Crippen LogP contribution in [0.2, 0.25) is 0 Å². The number of hydrogen-bond donors (Lipinski definition) is 1. The molecule has 0 spiro atoms. The number of ether oxygens (including phenoxy) is 1. The average Bonchev–Trinajstić information content (AvgIpc) is 3.52. The molecule has 0 saturated carbocycles. The van der Waals surface area contributed by atoms with Gasteiger partial charge in [-0.1, -0.05) is 40.7 Å². The molecule has 0 aliphatic carbocycles. The van der Waals surface area contributed by atoms with Gasteiger partial charge >= 0.3 is 5.97 Å². The molecule has 7 nitrogen and oxygen atoms in total. The first-order valence-electron chi connectivity index (χ1n) is 11.9. The molecule has 1 aromatic carbocycles. The summed E-state index contributed by atoms with van der Waals surface area (Å²) in [5.41, 5.74) is 3.35. The van der Waals surface area contributed by atoms with Crippen molar-refractivity contribution in [2.24, 2.45) is 0 Å². The molecule has 0 bridgehead atoms. The molecule has 1 aliphatic rings. The molecule has 1 unspecified atom stereocenters. The van der Waals surface area contributed by atoms with Gasteiger partial charge in [0.15, 0.2) is 6.04 Å². The molecule has 4 heterocycles. The van der Waals surface area contributed by atoms with Crippen molar-refractivity contribution in [1.29, 1.82) is 0 Å². The fraction of sp³-hybridized carbons (Fsp3) is 0.407. The molecule has 0 radical (unpaired) electrons. The zero-order chi connectivity index (χ0) is 25.0. The Morgan fingerprint density at radius 2 is 1.94 bits per heavy atom. The monoisotopic (exact) mass is 475 g/mol. The average molecular weight is 476 g/mol. The number of esters is 1. The minimum Gasteiger partial charge on any atom is -0.464 e. The number of aromatic nitrogens is 5. The number of halogens is 1. The summed E-state index contributed by atoms with van der Waals surface area (Å²) in [5, 5.41) is 5.26. The Morgan fingerprint density at radius 3 is 2.63 bits per heavy atom. The number of benzene rings is 1. The predicted octanol–water partition coefficient (Wildman–Crippen LogP) is 5.27. The molecule has 1 atom stereocenters. The molecule has 4 aromatic rings. The van der Waals surface area contributed by atoms with Gasteiger partial charge in [0.1, 0.15) is 11.6 Å². The Hall–Kier alpha value is -3.55. The van der Waals surface area contributed by atoms with Gasteiger partial charge in [0.25, 0.3) is 0 Å². The number of rotatable bonds is 5. The molecule has 0 amide bonds. The summed E-state index contributed by atoms with van der Waals surface area (Å²) in [7, 11) is 0. The highest BCUT2D eigenvalue weighted by Crippen LogP contribution is 2.32. The Balaban J connectivity index is 1.51. The van der Waals surface area contributed by atoms with Crippen LogP contribution >= 0.6 is 0 Å². The van der Waals surface area contributed by atoms with Crippen molar-refractivity contribution in [3.8, 4) is 11.4 Å². The van der Waals surface area contributed by atoms with Crippen molar-refractivity contribution >= 4 is 16.9 Å². The first-order valence-corrected chi connectivity index (χ1v) is 11.9. The van der Waals surface area contributed by atoms with E-state index in [-0.39, 0.29) is 28.7 Å². The molecule has 182 valence electrons. The van der Waals surface area contributed by atoms with Gasteiger partial charge in [0.05, 0.1) is 23.7 Å². The molecule has 3 aromatic heterocycles. The minimum absolute atomic E-state index is 0.234. The van der Waals surface area contributed by atoms with E-state index in [0.29, 0.717) is 24.8 Å². The second kappa shape index (κ2) is 8.29. The van der Waals surface area contributed by atoms with Crippen LogP contribution < -0.4 is 0 Å². The normalized spacial score (nSPS) is 16.7. The van der Waals surface area contributed by atoms with E-state index in [0.717, 1.165) is 34.1 Å². The van der Waals surface area contributed by atoms with Crippen molar-refractivity contribution in [3.05, 3.63) is 65.6 Å². The maximum atomic E-state index is 14.3. The summed E-state index contributed by atoms with van der Waals surface area (Å²) in [5.74, 6) is 0.222. The first kappa shape index (κ1) is 23.2. The minimum atomic E-state index is -0.361. The number of hydrogen-bond acceptors (Lipinski definition) is 5. The van der Waals surface area contributed by atoms with Crippen LogP contribution in [0.4, 0.5) is 4.39 Å². The molecule has 1 aliphatic heterocycles. The number of H-pyrrole nitrogens is 1. The molecule has 1 N–H and O–H groups in total. The standard InChI is InChI=1S/C27H30FN5O2/c1-26(2,3)25-29-16(13-20(31-25)21-14-17-18(28)7-6-8-19(17)30-21)15-27(4,5)23-9-11-33(32-23)22-10-12-35-24(22)34/h6-9,11,13-14,22,30H,10,12,15H2,1-5H3. The number of nitrogens with zero attached hydrogens (tertiary/aromatic N) is 4. The molecule has 5 rings (SSSR count). The summed E-state index contributed by atoms with van der Waals surface area (Å²) in [6, 6.07) is 10.4. The third-order valence-electron chi connectivity index (χ3n) is 6.49. The summed E-state index contributed by atoms with van der Waals surface area (Å²) < 4.78 is 21.1. The van der Waals surface area contributed by atoms with Crippen LogP contribution in [0.3, 0.4) is 0 Å². The lowest BCUT2D eigenvalue weighted by molar-refractivity contribution is -0.140. The molecule has 1 fully saturated rings. The largest absolute Gasteiger partial charge is 0.464 e. The van der Waals surface area contributed by atoms with Crippen molar-refractivity contribution in [1.82, 2.24) is 24.7 Å². The molecule has 1 saturated heterocycles. The van der Waals surface area contributed by atoms with E-state index >= 15 is 0 Å². The summed E-state index contributed by atoms with van der Waals surface area (Å²) >= 11 is 0. The first-order chi connectivity index (χ1) is 16.5. The van der Waals surface area contributed by atoms with Crippen molar-refractivity contribution in [2.75, 3.05) is 6.61 Å². The van der Waals surface area contributed by atoms with Gasteiger partial charge in [-0.3, -0.25) is 4.68 Å². The van der Waals surface area contributed by atoms with Gasteiger partial charge in [-0.15, -0.1) is 0 Å². The van der Waals surface area contributed by atoms with Gasteiger partial charge < -0.3 is 9.72 Å². The fourth-order valence-electron chi connectivity index (χ4n) is 4.46. The Kier molecular flexibility index (Phi) is 5.49. The zero-order valence-corrected chi connectivity index (χ0v) is 20.7. The van der Waals surface area contributed by atoms with Crippen molar-refractivity contribution in [3.63, 3.8) is 0 Å². The number of carbonyl (C=O) groups excluding carboxylic acids is 1.